The van der Waals surface area contributed by atoms with Crippen molar-refractivity contribution in [1.29, 1.82) is 0 Å². The fourth-order valence-electron chi connectivity index (χ4n) is 3.30. The Labute approximate surface area is 139 Å². The molecule has 1 aromatic heterocycles. The van der Waals surface area contributed by atoms with Crippen molar-refractivity contribution in [2.75, 3.05) is 32.7 Å². The monoisotopic (exact) mass is 335 g/mol. The minimum Gasteiger partial charge on any atom is -0.406 e. The SMILES string of the molecule is O=C(Oc1ccc([N+](=O)[O-])nc1)N1CCNCC1C1CCNCC1. The van der Waals surface area contributed by atoms with E-state index < -0.39 is 11.0 Å². The van der Waals surface area contributed by atoms with E-state index in [9.17, 15) is 14.9 Å². The maximum atomic E-state index is 12.5. The van der Waals surface area contributed by atoms with E-state index >= 15 is 0 Å². The topological polar surface area (TPSA) is 110 Å². The molecule has 2 fully saturated rings. The third kappa shape index (κ3) is 3.80. The lowest BCUT2D eigenvalue weighted by Crippen LogP contribution is -2.58. The number of carbonyl (C=O) groups excluding carboxylic acids is 1. The third-order valence-corrected chi connectivity index (χ3v) is 4.56. The molecule has 9 nitrogen and oxygen atoms in total. The molecular weight excluding hydrogens is 314 g/mol. The summed E-state index contributed by atoms with van der Waals surface area (Å²) in [6.45, 7) is 4.02. The molecule has 1 aromatic rings. The summed E-state index contributed by atoms with van der Waals surface area (Å²) in [5.74, 6) is 0.388. The van der Waals surface area contributed by atoms with Crippen LogP contribution in [0.1, 0.15) is 12.8 Å². The van der Waals surface area contributed by atoms with Crippen LogP contribution in [0.3, 0.4) is 0 Å². The van der Waals surface area contributed by atoms with Gasteiger partial charge in [-0.1, -0.05) is 0 Å². The summed E-state index contributed by atoms with van der Waals surface area (Å²) in [4.78, 5) is 28.0. The van der Waals surface area contributed by atoms with E-state index in [1.165, 1.54) is 18.3 Å². The number of carbonyl (C=O) groups is 1. The number of hydrogen-bond acceptors (Lipinski definition) is 7. The summed E-state index contributed by atoms with van der Waals surface area (Å²) >= 11 is 0. The van der Waals surface area contributed by atoms with Gasteiger partial charge in [-0.2, -0.15) is 0 Å². The Balaban J connectivity index is 1.66. The average Bonchev–Trinajstić information content (AvgIpc) is 2.63. The Morgan fingerprint density at radius 2 is 2.08 bits per heavy atom. The highest BCUT2D eigenvalue weighted by Gasteiger charge is 2.34. The predicted molar refractivity (Wildman–Crippen MR) is 85.9 cm³/mol. The molecule has 2 saturated heterocycles. The van der Waals surface area contributed by atoms with Crippen LogP contribution in [0.2, 0.25) is 0 Å². The van der Waals surface area contributed by atoms with Gasteiger partial charge in [-0.25, -0.2) is 4.79 Å². The Hall–Kier alpha value is -2.26. The molecular formula is C15H21N5O4. The second kappa shape index (κ2) is 7.54. The highest BCUT2D eigenvalue weighted by atomic mass is 16.6. The zero-order valence-corrected chi connectivity index (χ0v) is 13.3. The molecule has 0 spiro atoms. The molecule has 2 aliphatic rings. The summed E-state index contributed by atoms with van der Waals surface area (Å²) in [7, 11) is 0. The van der Waals surface area contributed by atoms with Crippen LogP contribution in [0.15, 0.2) is 18.3 Å². The molecule has 3 rings (SSSR count). The van der Waals surface area contributed by atoms with Crippen LogP contribution in [-0.2, 0) is 0 Å². The zero-order chi connectivity index (χ0) is 16.9. The zero-order valence-electron chi connectivity index (χ0n) is 13.3. The number of piperidine rings is 1. The summed E-state index contributed by atoms with van der Waals surface area (Å²) < 4.78 is 5.37. The largest absolute Gasteiger partial charge is 0.415 e. The van der Waals surface area contributed by atoms with Gasteiger partial charge in [0.05, 0.1) is 6.04 Å². The number of nitro groups is 1. The van der Waals surface area contributed by atoms with Crippen LogP contribution < -0.4 is 15.4 Å². The van der Waals surface area contributed by atoms with Crippen LogP contribution in [0.4, 0.5) is 10.6 Å². The summed E-state index contributed by atoms with van der Waals surface area (Å²) in [6, 6.07) is 2.73. The van der Waals surface area contributed by atoms with Gasteiger partial charge in [0.2, 0.25) is 0 Å². The summed E-state index contributed by atoms with van der Waals surface area (Å²) in [6.07, 6.45) is 2.86. The van der Waals surface area contributed by atoms with Crippen molar-refractivity contribution in [2.24, 2.45) is 5.92 Å². The second-order valence-corrected chi connectivity index (χ2v) is 6.03. The highest BCUT2D eigenvalue weighted by molar-refractivity contribution is 5.71. The molecule has 0 saturated carbocycles. The average molecular weight is 335 g/mol. The van der Waals surface area contributed by atoms with Gasteiger partial charge in [-0.3, -0.25) is 0 Å². The van der Waals surface area contributed by atoms with Gasteiger partial charge in [0.25, 0.3) is 0 Å². The minimum absolute atomic E-state index is 0.111. The van der Waals surface area contributed by atoms with Crippen molar-refractivity contribution in [3.8, 4) is 5.75 Å². The van der Waals surface area contributed by atoms with E-state index in [0.29, 0.717) is 12.5 Å². The second-order valence-electron chi connectivity index (χ2n) is 6.03. The lowest BCUT2D eigenvalue weighted by Gasteiger charge is -2.41. The first-order valence-corrected chi connectivity index (χ1v) is 8.15. The normalized spacial score (nSPS) is 22.2. The molecule has 1 unspecified atom stereocenters. The van der Waals surface area contributed by atoms with Crippen LogP contribution in [-0.4, -0.2) is 59.7 Å². The van der Waals surface area contributed by atoms with Gasteiger partial charge < -0.3 is 30.4 Å². The van der Waals surface area contributed by atoms with E-state index in [1.54, 1.807) is 4.90 Å². The Bertz CT molecular complexity index is 588. The number of amides is 1. The van der Waals surface area contributed by atoms with E-state index in [0.717, 1.165) is 39.0 Å². The smallest absolute Gasteiger partial charge is 0.406 e. The van der Waals surface area contributed by atoms with E-state index in [-0.39, 0.29) is 17.6 Å². The Kier molecular flexibility index (Phi) is 5.21. The molecule has 0 bridgehead atoms. The Morgan fingerprint density at radius 3 is 2.75 bits per heavy atom. The molecule has 3 heterocycles. The van der Waals surface area contributed by atoms with Crippen molar-refractivity contribution in [3.63, 3.8) is 0 Å². The molecule has 130 valence electrons. The first-order chi connectivity index (χ1) is 11.6. The van der Waals surface area contributed by atoms with Crippen molar-refractivity contribution in [3.05, 3.63) is 28.4 Å². The van der Waals surface area contributed by atoms with Crippen molar-refractivity contribution in [2.45, 2.75) is 18.9 Å². The van der Waals surface area contributed by atoms with E-state index in [4.69, 9.17) is 4.74 Å². The van der Waals surface area contributed by atoms with E-state index in [2.05, 4.69) is 15.6 Å². The van der Waals surface area contributed by atoms with Crippen molar-refractivity contribution < 1.29 is 14.5 Å². The van der Waals surface area contributed by atoms with Gasteiger partial charge in [-0.15, -0.1) is 0 Å². The summed E-state index contributed by atoms with van der Waals surface area (Å²) in [5.41, 5.74) is 0. The lowest BCUT2D eigenvalue weighted by molar-refractivity contribution is -0.389. The standard InChI is InChI=1S/C15H21N5O4/c21-15(24-12-1-2-14(18-9-12)20(22)23)19-8-7-17-10-13(19)11-3-5-16-6-4-11/h1-2,9,11,13,16-17H,3-8,10H2. The van der Waals surface area contributed by atoms with Crippen molar-refractivity contribution in [1.82, 2.24) is 20.5 Å². The van der Waals surface area contributed by atoms with Gasteiger partial charge in [0.15, 0.2) is 11.9 Å². The van der Waals surface area contributed by atoms with Crippen LogP contribution >= 0.6 is 0 Å². The van der Waals surface area contributed by atoms with Crippen LogP contribution in [0, 0.1) is 16.0 Å². The highest BCUT2D eigenvalue weighted by Crippen LogP contribution is 2.23. The van der Waals surface area contributed by atoms with Gasteiger partial charge in [-0.05, 0) is 47.8 Å². The molecule has 0 aliphatic carbocycles. The number of pyridine rings is 1. The van der Waals surface area contributed by atoms with Crippen molar-refractivity contribution >= 4 is 11.9 Å². The number of nitrogens with zero attached hydrogens (tertiary/aromatic N) is 3. The molecule has 9 heteroatoms. The van der Waals surface area contributed by atoms with Gasteiger partial charge in [0, 0.05) is 25.7 Å². The molecule has 1 amide bonds. The molecule has 24 heavy (non-hydrogen) atoms. The predicted octanol–water partition coefficient (Wildman–Crippen LogP) is 0.762. The molecule has 1 atom stereocenters. The molecule has 0 radical (unpaired) electrons. The number of ether oxygens (including phenoxy) is 1. The quantitative estimate of drug-likeness (QED) is 0.620. The first-order valence-electron chi connectivity index (χ1n) is 8.15. The molecule has 2 aliphatic heterocycles. The fraction of sp³-hybridized carbons (Fsp3) is 0.600. The van der Waals surface area contributed by atoms with Crippen LogP contribution in [0.5, 0.6) is 5.75 Å². The number of hydrogen-bond donors (Lipinski definition) is 2. The number of nitrogens with one attached hydrogen (secondary N) is 2. The number of aromatic nitrogens is 1. The summed E-state index contributed by atoms with van der Waals surface area (Å²) in [5, 5.41) is 17.3. The Morgan fingerprint density at radius 1 is 1.29 bits per heavy atom. The lowest BCUT2D eigenvalue weighted by atomic mass is 9.88. The number of piperazine rings is 1. The van der Waals surface area contributed by atoms with Crippen LogP contribution in [0.25, 0.3) is 0 Å². The third-order valence-electron chi connectivity index (χ3n) is 4.56. The number of rotatable bonds is 3. The molecule has 0 aromatic carbocycles. The van der Waals surface area contributed by atoms with E-state index in [1.807, 2.05) is 0 Å². The maximum absolute atomic E-state index is 12.5. The molecule has 2 N–H and O–H groups in total. The first kappa shape index (κ1) is 16.6. The fourth-order valence-corrected chi connectivity index (χ4v) is 3.30. The minimum atomic E-state index is -0.588. The van der Waals surface area contributed by atoms with Gasteiger partial charge >= 0.3 is 11.9 Å². The van der Waals surface area contributed by atoms with Gasteiger partial charge in [0.1, 0.15) is 0 Å². The maximum Gasteiger partial charge on any atom is 0.415 e.